The molecule has 0 aromatic heterocycles. The van der Waals surface area contributed by atoms with Gasteiger partial charge in [0.25, 0.3) is 5.91 Å². The SMILES string of the molecule is CCC(=O)c1ccc(OCC(=O)NC(C)C)cc1. The Hall–Kier alpha value is -1.84. The van der Waals surface area contributed by atoms with Gasteiger partial charge in [0.1, 0.15) is 5.75 Å². The minimum Gasteiger partial charge on any atom is -0.484 e. The van der Waals surface area contributed by atoms with Crippen LogP contribution in [0, 0.1) is 0 Å². The first-order chi connectivity index (χ1) is 8.52. The zero-order valence-corrected chi connectivity index (χ0v) is 11.0. The van der Waals surface area contributed by atoms with E-state index in [1.54, 1.807) is 24.3 Å². The van der Waals surface area contributed by atoms with Crippen molar-refractivity contribution >= 4 is 11.7 Å². The fourth-order valence-electron chi connectivity index (χ4n) is 1.45. The minimum atomic E-state index is -0.154. The van der Waals surface area contributed by atoms with Gasteiger partial charge >= 0.3 is 0 Å². The zero-order valence-electron chi connectivity index (χ0n) is 11.0. The van der Waals surface area contributed by atoms with Gasteiger partial charge in [-0.05, 0) is 38.1 Å². The molecule has 98 valence electrons. The maximum Gasteiger partial charge on any atom is 0.258 e. The molecule has 0 atom stereocenters. The van der Waals surface area contributed by atoms with E-state index in [1.165, 1.54) is 0 Å². The number of amides is 1. The maximum absolute atomic E-state index is 11.4. The van der Waals surface area contributed by atoms with E-state index in [-0.39, 0.29) is 24.3 Å². The van der Waals surface area contributed by atoms with Crippen LogP contribution in [0.2, 0.25) is 0 Å². The van der Waals surface area contributed by atoms with Gasteiger partial charge in [-0.1, -0.05) is 6.92 Å². The molecule has 0 saturated heterocycles. The van der Waals surface area contributed by atoms with Crippen LogP contribution in [0.4, 0.5) is 0 Å². The average molecular weight is 249 g/mol. The zero-order chi connectivity index (χ0) is 13.5. The number of rotatable bonds is 6. The van der Waals surface area contributed by atoms with Crippen LogP contribution in [0.1, 0.15) is 37.6 Å². The molecule has 1 N–H and O–H groups in total. The Morgan fingerprint density at radius 2 is 1.83 bits per heavy atom. The van der Waals surface area contributed by atoms with Crippen LogP contribution >= 0.6 is 0 Å². The lowest BCUT2D eigenvalue weighted by atomic mass is 10.1. The molecule has 0 aliphatic carbocycles. The number of hydrogen-bond donors (Lipinski definition) is 1. The molecule has 0 spiro atoms. The third-order valence-corrected chi connectivity index (χ3v) is 2.32. The first-order valence-corrected chi connectivity index (χ1v) is 6.08. The van der Waals surface area contributed by atoms with E-state index >= 15 is 0 Å². The molecule has 0 fully saturated rings. The monoisotopic (exact) mass is 249 g/mol. The molecule has 18 heavy (non-hydrogen) atoms. The van der Waals surface area contributed by atoms with Crippen molar-refractivity contribution in [3.63, 3.8) is 0 Å². The summed E-state index contributed by atoms with van der Waals surface area (Å²) in [5, 5.41) is 2.73. The van der Waals surface area contributed by atoms with Gasteiger partial charge < -0.3 is 10.1 Å². The van der Waals surface area contributed by atoms with Crippen LogP contribution in [0.15, 0.2) is 24.3 Å². The van der Waals surface area contributed by atoms with Crippen molar-refractivity contribution in [1.29, 1.82) is 0 Å². The van der Waals surface area contributed by atoms with E-state index in [0.29, 0.717) is 17.7 Å². The molecule has 1 amide bonds. The first-order valence-electron chi connectivity index (χ1n) is 6.08. The second-order valence-corrected chi connectivity index (χ2v) is 4.31. The van der Waals surface area contributed by atoms with Gasteiger partial charge in [-0.15, -0.1) is 0 Å². The van der Waals surface area contributed by atoms with Crippen molar-refractivity contribution in [2.45, 2.75) is 33.2 Å². The predicted octanol–water partition coefficient (Wildman–Crippen LogP) is 2.18. The summed E-state index contributed by atoms with van der Waals surface area (Å²) >= 11 is 0. The van der Waals surface area contributed by atoms with Crippen LogP contribution < -0.4 is 10.1 Å². The Balaban J connectivity index is 2.49. The Morgan fingerprint density at radius 1 is 1.22 bits per heavy atom. The van der Waals surface area contributed by atoms with Crippen molar-refractivity contribution in [3.05, 3.63) is 29.8 Å². The molecule has 1 aromatic carbocycles. The van der Waals surface area contributed by atoms with Crippen molar-refractivity contribution in [2.24, 2.45) is 0 Å². The van der Waals surface area contributed by atoms with Gasteiger partial charge in [0.2, 0.25) is 0 Å². The van der Waals surface area contributed by atoms with E-state index < -0.39 is 0 Å². The number of carbonyl (C=O) groups excluding carboxylic acids is 2. The topological polar surface area (TPSA) is 55.4 Å². The summed E-state index contributed by atoms with van der Waals surface area (Å²) in [4.78, 5) is 22.8. The molecule has 4 nitrogen and oxygen atoms in total. The Labute approximate surface area is 107 Å². The third-order valence-electron chi connectivity index (χ3n) is 2.32. The van der Waals surface area contributed by atoms with Gasteiger partial charge in [-0.3, -0.25) is 9.59 Å². The Bertz CT molecular complexity index is 410. The maximum atomic E-state index is 11.4. The standard InChI is InChI=1S/C14H19NO3/c1-4-13(16)11-5-7-12(8-6-11)18-9-14(17)15-10(2)3/h5-8,10H,4,9H2,1-3H3,(H,15,17). The molecule has 0 unspecified atom stereocenters. The van der Waals surface area contributed by atoms with E-state index in [1.807, 2.05) is 20.8 Å². The van der Waals surface area contributed by atoms with Gasteiger partial charge in [0.05, 0.1) is 0 Å². The molecule has 0 radical (unpaired) electrons. The molecular formula is C14H19NO3. The second-order valence-electron chi connectivity index (χ2n) is 4.31. The van der Waals surface area contributed by atoms with Crippen LogP contribution in [-0.4, -0.2) is 24.3 Å². The van der Waals surface area contributed by atoms with Gasteiger partial charge in [-0.25, -0.2) is 0 Å². The van der Waals surface area contributed by atoms with Gasteiger partial charge in [0.15, 0.2) is 12.4 Å². The summed E-state index contributed by atoms with van der Waals surface area (Å²) in [7, 11) is 0. The quantitative estimate of drug-likeness (QED) is 0.786. The summed E-state index contributed by atoms with van der Waals surface area (Å²) < 4.78 is 5.31. The predicted molar refractivity (Wildman–Crippen MR) is 69.8 cm³/mol. The highest BCUT2D eigenvalue weighted by molar-refractivity contribution is 5.95. The van der Waals surface area contributed by atoms with Gasteiger partial charge in [-0.2, -0.15) is 0 Å². The highest BCUT2D eigenvalue weighted by Crippen LogP contribution is 2.13. The lowest BCUT2D eigenvalue weighted by Gasteiger charge is -2.09. The van der Waals surface area contributed by atoms with Crippen molar-refractivity contribution in [2.75, 3.05) is 6.61 Å². The van der Waals surface area contributed by atoms with E-state index in [0.717, 1.165) is 0 Å². The molecular weight excluding hydrogens is 230 g/mol. The highest BCUT2D eigenvalue weighted by atomic mass is 16.5. The first kappa shape index (κ1) is 14.2. The number of hydrogen-bond acceptors (Lipinski definition) is 3. The fourth-order valence-corrected chi connectivity index (χ4v) is 1.45. The molecule has 0 bridgehead atoms. The molecule has 0 aliphatic rings. The summed E-state index contributed by atoms with van der Waals surface area (Å²) in [6.07, 6.45) is 0.483. The third kappa shape index (κ3) is 4.57. The summed E-state index contributed by atoms with van der Waals surface area (Å²) in [6.45, 7) is 5.59. The smallest absolute Gasteiger partial charge is 0.258 e. The largest absolute Gasteiger partial charge is 0.484 e. The average Bonchev–Trinajstić information content (AvgIpc) is 2.35. The van der Waals surface area contributed by atoms with Crippen molar-refractivity contribution < 1.29 is 14.3 Å². The van der Waals surface area contributed by atoms with Crippen molar-refractivity contribution in [1.82, 2.24) is 5.32 Å². The van der Waals surface area contributed by atoms with Crippen LogP contribution in [0.3, 0.4) is 0 Å². The molecule has 0 aliphatic heterocycles. The number of nitrogens with one attached hydrogen (secondary N) is 1. The number of ketones is 1. The minimum absolute atomic E-state index is 0.0146. The Kier molecular flexibility index (Phi) is 5.36. The summed E-state index contributed by atoms with van der Waals surface area (Å²) in [6, 6.07) is 6.92. The van der Waals surface area contributed by atoms with E-state index in [4.69, 9.17) is 4.74 Å². The number of ether oxygens (including phenoxy) is 1. The lowest BCUT2D eigenvalue weighted by Crippen LogP contribution is -2.34. The molecule has 1 aromatic rings. The van der Waals surface area contributed by atoms with Gasteiger partial charge in [0, 0.05) is 18.0 Å². The number of benzene rings is 1. The van der Waals surface area contributed by atoms with Crippen LogP contribution in [0.5, 0.6) is 5.75 Å². The molecule has 1 rings (SSSR count). The highest BCUT2D eigenvalue weighted by Gasteiger charge is 2.05. The molecule has 4 heteroatoms. The van der Waals surface area contributed by atoms with E-state index in [2.05, 4.69) is 5.32 Å². The normalized spacial score (nSPS) is 10.2. The molecule has 0 saturated carbocycles. The second kappa shape index (κ2) is 6.79. The van der Waals surface area contributed by atoms with Crippen molar-refractivity contribution in [3.8, 4) is 5.75 Å². The summed E-state index contributed by atoms with van der Waals surface area (Å²) in [5.74, 6) is 0.527. The number of Topliss-reactive ketones (excluding diaryl/α,β-unsaturated/α-hetero) is 1. The molecule has 0 heterocycles. The van der Waals surface area contributed by atoms with Crippen LogP contribution in [0.25, 0.3) is 0 Å². The van der Waals surface area contributed by atoms with Crippen LogP contribution in [-0.2, 0) is 4.79 Å². The summed E-state index contributed by atoms with van der Waals surface area (Å²) in [5.41, 5.74) is 0.663. The fraction of sp³-hybridized carbons (Fsp3) is 0.429. The lowest BCUT2D eigenvalue weighted by molar-refractivity contribution is -0.123. The Morgan fingerprint density at radius 3 is 2.33 bits per heavy atom. The van der Waals surface area contributed by atoms with E-state index in [9.17, 15) is 9.59 Å². The number of carbonyl (C=O) groups is 2.